The molecule has 6 nitrogen and oxygen atoms in total. The maximum absolute atomic E-state index is 14.0. The lowest BCUT2D eigenvalue weighted by molar-refractivity contribution is -0.138. The molecule has 1 aliphatic rings. The van der Waals surface area contributed by atoms with Crippen molar-refractivity contribution in [1.82, 2.24) is 15.5 Å². The standard InChI is InChI=1S/C26H33ClF3N3O3S/c1-5-37(35,36)24-10-17(3)16(2)9-19(24)13-32-25(34)18-11-22(26(28,29)30)21(23(27)12-18)15-33-8-6-7-20(14-33)31-4/h9-12,20,31H,5-8,13-15H2,1-4H3,(H,32,34)/t20-/m0/s1. The molecule has 0 aliphatic carbocycles. The van der Waals surface area contributed by atoms with Crippen LogP contribution in [0.1, 0.15) is 57.9 Å². The van der Waals surface area contributed by atoms with Gasteiger partial charge in [0.2, 0.25) is 0 Å². The van der Waals surface area contributed by atoms with Crippen LogP contribution in [0.4, 0.5) is 13.2 Å². The van der Waals surface area contributed by atoms with Crippen LogP contribution in [-0.4, -0.2) is 51.2 Å². The molecule has 37 heavy (non-hydrogen) atoms. The molecule has 3 rings (SSSR count). The molecule has 1 aliphatic heterocycles. The van der Waals surface area contributed by atoms with Crippen molar-refractivity contribution in [2.24, 2.45) is 0 Å². The summed E-state index contributed by atoms with van der Waals surface area (Å²) < 4.78 is 67.3. The fourth-order valence-corrected chi connectivity index (χ4v) is 6.03. The smallest absolute Gasteiger partial charge is 0.348 e. The number of aryl methyl sites for hydroxylation is 2. The summed E-state index contributed by atoms with van der Waals surface area (Å²) in [6, 6.07) is 5.48. The van der Waals surface area contributed by atoms with Gasteiger partial charge in [-0.2, -0.15) is 13.2 Å². The molecular weight excluding hydrogens is 527 g/mol. The molecule has 2 aromatic rings. The van der Waals surface area contributed by atoms with Gasteiger partial charge in [0.25, 0.3) is 5.91 Å². The van der Waals surface area contributed by atoms with Crippen LogP contribution in [0.15, 0.2) is 29.2 Å². The number of carbonyl (C=O) groups excluding carboxylic acids is 1. The first-order chi connectivity index (χ1) is 17.3. The highest BCUT2D eigenvalue weighted by Crippen LogP contribution is 2.37. The van der Waals surface area contributed by atoms with Crippen LogP contribution in [-0.2, 0) is 29.1 Å². The first-order valence-corrected chi connectivity index (χ1v) is 14.2. The third-order valence-corrected chi connectivity index (χ3v) is 9.04. The summed E-state index contributed by atoms with van der Waals surface area (Å²) in [6.45, 7) is 6.26. The molecule has 1 heterocycles. The Morgan fingerprint density at radius 3 is 2.46 bits per heavy atom. The first-order valence-electron chi connectivity index (χ1n) is 12.2. The largest absolute Gasteiger partial charge is 0.416 e. The molecule has 0 bridgehead atoms. The van der Waals surface area contributed by atoms with Crippen molar-refractivity contribution in [2.75, 3.05) is 25.9 Å². The molecule has 1 fully saturated rings. The van der Waals surface area contributed by atoms with E-state index in [9.17, 15) is 26.4 Å². The van der Waals surface area contributed by atoms with Gasteiger partial charge >= 0.3 is 6.18 Å². The highest BCUT2D eigenvalue weighted by molar-refractivity contribution is 7.91. The van der Waals surface area contributed by atoms with Gasteiger partial charge in [-0.1, -0.05) is 24.6 Å². The Labute approximate surface area is 221 Å². The van der Waals surface area contributed by atoms with E-state index in [0.717, 1.165) is 30.0 Å². The van der Waals surface area contributed by atoms with Crippen LogP contribution in [0, 0.1) is 13.8 Å². The summed E-state index contributed by atoms with van der Waals surface area (Å²) in [7, 11) is -1.74. The normalized spacial score (nSPS) is 17.1. The predicted octanol–water partition coefficient (Wildman–Crippen LogP) is 4.88. The zero-order valence-electron chi connectivity index (χ0n) is 21.4. The fraction of sp³-hybridized carbons (Fsp3) is 0.500. The molecular formula is C26H33ClF3N3O3S. The van der Waals surface area contributed by atoms with E-state index in [4.69, 9.17) is 11.6 Å². The second-order valence-electron chi connectivity index (χ2n) is 9.48. The predicted molar refractivity (Wildman–Crippen MR) is 139 cm³/mol. The highest BCUT2D eigenvalue weighted by Gasteiger charge is 2.36. The monoisotopic (exact) mass is 559 g/mol. The quantitative estimate of drug-likeness (QED) is 0.482. The molecule has 0 unspecified atom stereocenters. The second-order valence-corrected chi connectivity index (χ2v) is 12.1. The number of hydrogen-bond acceptors (Lipinski definition) is 5. The van der Waals surface area contributed by atoms with Crippen LogP contribution in [0.3, 0.4) is 0 Å². The summed E-state index contributed by atoms with van der Waals surface area (Å²) in [5, 5.41) is 5.60. The number of piperidine rings is 1. The number of alkyl halides is 3. The Balaban J connectivity index is 1.88. The zero-order valence-corrected chi connectivity index (χ0v) is 23.0. The molecule has 0 radical (unpaired) electrons. The maximum Gasteiger partial charge on any atom is 0.416 e. The van der Waals surface area contributed by atoms with Crippen molar-refractivity contribution in [3.8, 4) is 0 Å². The number of halogens is 4. The molecule has 2 aromatic carbocycles. The number of nitrogens with one attached hydrogen (secondary N) is 2. The molecule has 204 valence electrons. The number of sulfone groups is 1. The van der Waals surface area contributed by atoms with E-state index in [-0.39, 0.29) is 45.9 Å². The number of carbonyl (C=O) groups is 1. The summed E-state index contributed by atoms with van der Waals surface area (Å²) in [5.74, 6) is -0.889. The van der Waals surface area contributed by atoms with Crippen molar-refractivity contribution in [1.29, 1.82) is 0 Å². The van der Waals surface area contributed by atoms with Crippen molar-refractivity contribution in [2.45, 2.75) is 63.8 Å². The van der Waals surface area contributed by atoms with Gasteiger partial charge in [0.1, 0.15) is 0 Å². The molecule has 2 N–H and O–H groups in total. The Morgan fingerprint density at radius 1 is 1.16 bits per heavy atom. The second kappa shape index (κ2) is 11.7. The average Bonchev–Trinajstić information content (AvgIpc) is 2.84. The van der Waals surface area contributed by atoms with Crippen molar-refractivity contribution in [3.63, 3.8) is 0 Å². The number of likely N-dealkylation sites (N-methyl/N-ethyl adjacent to an activating group) is 1. The number of hydrogen-bond donors (Lipinski definition) is 2. The molecule has 1 atom stereocenters. The van der Waals surface area contributed by atoms with Gasteiger partial charge in [-0.15, -0.1) is 0 Å². The van der Waals surface area contributed by atoms with E-state index in [1.807, 2.05) is 18.9 Å². The average molecular weight is 560 g/mol. The van der Waals surface area contributed by atoms with E-state index in [1.165, 1.54) is 13.0 Å². The van der Waals surface area contributed by atoms with Crippen LogP contribution in [0.2, 0.25) is 5.02 Å². The van der Waals surface area contributed by atoms with E-state index in [0.29, 0.717) is 18.7 Å². The number of nitrogens with zero attached hydrogens (tertiary/aromatic N) is 1. The van der Waals surface area contributed by atoms with Gasteiger partial charge in [-0.25, -0.2) is 8.42 Å². The summed E-state index contributed by atoms with van der Waals surface area (Å²) in [5.41, 5.74) is 0.751. The van der Waals surface area contributed by atoms with E-state index in [2.05, 4.69) is 10.6 Å². The minimum Gasteiger partial charge on any atom is -0.348 e. The van der Waals surface area contributed by atoms with Crippen LogP contribution >= 0.6 is 11.6 Å². The fourth-order valence-electron chi connectivity index (χ4n) is 4.55. The van der Waals surface area contributed by atoms with Gasteiger partial charge < -0.3 is 10.6 Å². The van der Waals surface area contributed by atoms with Crippen LogP contribution in [0.5, 0.6) is 0 Å². The van der Waals surface area contributed by atoms with Crippen molar-refractivity contribution in [3.05, 3.63) is 62.7 Å². The van der Waals surface area contributed by atoms with Gasteiger partial charge in [0.15, 0.2) is 9.84 Å². The lowest BCUT2D eigenvalue weighted by atomic mass is 10.00. The van der Waals surface area contributed by atoms with E-state index < -0.39 is 27.5 Å². The SMILES string of the molecule is CCS(=O)(=O)c1cc(C)c(C)cc1CNC(=O)c1cc(Cl)c(CN2CCC[C@H](NC)C2)c(C(F)(F)F)c1. The molecule has 0 spiro atoms. The Kier molecular flexibility index (Phi) is 9.32. The van der Waals surface area contributed by atoms with Crippen molar-refractivity contribution >= 4 is 27.3 Å². The van der Waals surface area contributed by atoms with Gasteiger partial charge in [-0.05, 0) is 80.7 Å². The first kappa shape index (κ1) is 29.4. The number of amides is 1. The Morgan fingerprint density at radius 2 is 1.84 bits per heavy atom. The molecule has 1 amide bonds. The molecule has 0 aromatic heterocycles. The zero-order chi connectivity index (χ0) is 27.5. The molecule has 0 saturated carbocycles. The lowest BCUT2D eigenvalue weighted by Crippen LogP contribution is -2.44. The third kappa shape index (κ3) is 7.04. The Hall–Kier alpha value is -2.14. The maximum atomic E-state index is 14.0. The highest BCUT2D eigenvalue weighted by atomic mass is 35.5. The number of benzene rings is 2. The van der Waals surface area contributed by atoms with Gasteiger partial charge in [0, 0.05) is 36.3 Å². The van der Waals surface area contributed by atoms with Gasteiger partial charge in [-0.3, -0.25) is 9.69 Å². The molecule has 11 heteroatoms. The minimum atomic E-state index is -4.70. The Bertz CT molecular complexity index is 1270. The van der Waals surface area contributed by atoms with E-state index in [1.54, 1.807) is 19.1 Å². The third-order valence-electron chi connectivity index (χ3n) is 6.89. The van der Waals surface area contributed by atoms with E-state index >= 15 is 0 Å². The minimum absolute atomic E-state index is 0.0225. The summed E-state index contributed by atoms with van der Waals surface area (Å²) in [4.78, 5) is 14.9. The number of likely N-dealkylation sites (tertiary alicyclic amines) is 1. The summed E-state index contributed by atoms with van der Waals surface area (Å²) >= 11 is 6.33. The van der Waals surface area contributed by atoms with Gasteiger partial charge in [0.05, 0.1) is 16.2 Å². The van der Waals surface area contributed by atoms with Crippen LogP contribution < -0.4 is 10.6 Å². The summed E-state index contributed by atoms with van der Waals surface area (Å²) in [6.07, 6.45) is -2.89. The topological polar surface area (TPSA) is 78.5 Å². The lowest BCUT2D eigenvalue weighted by Gasteiger charge is -2.33. The number of rotatable bonds is 8. The van der Waals surface area contributed by atoms with Crippen molar-refractivity contribution < 1.29 is 26.4 Å². The molecule has 1 saturated heterocycles. The van der Waals surface area contributed by atoms with Crippen LogP contribution in [0.25, 0.3) is 0 Å².